The first-order valence-electron chi connectivity index (χ1n) is 9.90. The first kappa shape index (κ1) is 21.9. The van der Waals surface area contributed by atoms with Crippen LogP contribution in [0.15, 0.2) is 53.7 Å². The SMILES string of the molecule is CCOc1ccc(-n2c(SCC(=O)Nc3ccccc3Cl)nc3n[nH]c(C)c3c2=N)cc1. The Kier molecular flexibility index (Phi) is 6.48. The van der Waals surface area contributed by atoms with E-state index in [0.29, 0.717) is 33.5 Å². The Morgan fingerprint density at radius 3 is 2.72 bits per heavy atom. The molecule has 0 bridgehead atoms. The second kappa shape index (κ2) is 9.46. The minimum Gasteiger partial charge on any atom is -0.494 e. The van der Waals surface area contributed by atoms with Crippen LogP contribution >= 0.6 is 23.4 Å². The van der Waals surface area contributed by atoms with Crippen LogP contribution in [0.4, 0.5) is 5.69 Å². The van der Waals surface area contributed by atoms with E-state index in [0.717, 1.165) is 17.1 Å². The minimum atomic E-state index is -0.229. The van der Waals surface area contributed by atoms with Gasteiger partial charge in [0.25, 0.3) is 0 Å². The zero-order valence-corrected chi connectivity index (χ0v) is 19.0. The molecule has 1 amide bonds. The smallest absolute Gasteiger partial charge is 0.234 e. The van der Waals surface area contributed by atoms with Crippen molar-refractivity contribution in [2.45, 2.75) is 19.0 Å². The molecule has 164 valence electrons. The number of nitrogens with one attached hydrogen (secondary N) is 3. The van der Waals surface area contributed by atoms with Gasteiger partial charge < -0.3 is 10.1 Å². The summed E-state index contributed by atoms with van der Waals surface area (Å²) in [5, 5.41) is 20.3. The molecule has 2 aromatic heterocycles. The fraction of sp³-hybridized carbons (Fsp3) is 0.182. The van der Waals surface area contributed by atoms with Crippen molar-refractivity contribution in [3.8, 4) is 11.4 Å². The van der Waals surface area contributed by atoms with Crippen LogP contribution < -0.4 is 15.5 Å². The van der Waals surface area contributed by atoms with Crippen LogP contribution in [0, 0.1) is 12.3 Å². The molecule has 0 aliphatic rings. The number of fused-ring (bicyclic) bond motifs is 1. The molecular weight excluding hydrogens is 448 g/mol. The Bertz CT molecular complexity index is 1330. The van der Waals surface area contributed by atoms with Crippen LogP contribution in [-0.4, -0.2) is 38.0 Å². The number of ether oxygens (including phenoxy) is 1. The number of rotatable bonds is 7. The minimum absolute atomic E-state index is 0.0869. The Labute approximate surface area is 193 Å². The summed E-state index contributed by atoms with van der Waals surface area (Å²) >= 11 is 7.35. The Morgan fingerprint density at radius 1 is 1.25 bits per heavy atom. The lowest BCUT2D eigenvalue weighted by atomic mass is 10.2. The van der Waals surface area contributed by atoms with Crippen LogP contribution in [0.5, 0.6) is 5.75 Å². The van der Waals surface area contributed by atoms with E-state index in [-0.39, 0.29) is 17.1 Å². The van der Waals surface area contributed by atoms with Crippen molar-refractivity contribution in [1.29, 1.82) is 5.41 Å². The first-order valence-corrected chi connectivity index (χ1v) is 11.3. The maximum Gasteiger partial charge on any atom is 0.234 e. The van der Waals surface area contributed by atoms with Crippen molar-refractivity contribution in [2.75, 3.05) is 17.7 Å². The molecule has 0 aliphatic carbocycles. The summed E-state index contributed by atoms with van der Waals surface area (Å²) in [4.78, 5) is 17.2. The summed E-state index contributed by atoms with van der Waals surface area (Å²) < 4.78 is 7.23. The Balaban J connectivity index is 1.67. The van der Waals surface area contributed by atoms with E-state index in [2.05, 4.69) is 20.5 Å². The molecule has 0 fully saturated rings. The van der Waals surface area contributed by atoms with E-state index in [4.69, 9.17) is 21.7 Å². The van der Waals surface area contributed by atoms with Gasteiger partial charge in [-0.2, -0.15) is 5.10 Å². The standard InChI is InChI=1S/C22H21ClN6O2S/c1-3-31-15-10-8-14(9-11-15)29-20(24)19-13(2)27-28-21(19)26-22(29)32-12-18(30)25-17-7-5-4-6-16(17)23/h4-11,24H,3,12H2,1-2H3,(H,25,30)(H,27,28). The Hall–Kier alpha value is -3.30. The monoisotopic (exact) mass is 468 g/mol. The number of para-hydroxylation sites is 1. The molecule has 4 rings (SSSR count). The molecule has 32 heavy (non-hydrogen) atoms. The number of H-pyrrole nitrogens is 1. The highest BCUT2D eigenvalue weighted by molar-refractivity contribution is 7.99. The molecular formula is C22H21ClN6O2S. The van der Waals surface area contributed by atoms with Crippen molar-refractivity contribution >= 4 is 46.0 Å². The van der Waals surface area contributed by atoms with E-state index >= 15 is 0 Å². The summed E-state index contributed by atoms with van der Waals surface area (Å²) in [5.74, 6) is 0.599. The number of amides is 1. The lowest BCUT2D eigenvalue weighted by Crippen LogP contribution is -2.23. The second-order valence-corrected chi connectivity index (χ2v) is 8.22. The summed E-state index contributed by atoms with van der Waals surface area (Å²) in [7, 11) is 0. The molecule has 2 aromatic carbocycles. The quantitative estimate of drug-likeness (QED) is 0.276. The van der Waals surface area contributed by atoms with Gasteiger partial charge >= 0.3 is 0 Å². The van der Waals surface area contributed by atoms with Gasteiger partial charge in [-0.3, -0.25) is 19.9 Å². The van der Waals surface area contributed by atoms with Gasteiger partial charge in [0, 0.05) is 11.4 Å². The van der Waals surface area contributed by atoms with E-state index in [1.807, 2.05) is 38.1 Å². The van der Waals surface area contributed by atoms with Crippen LogP contribution in [0.1, 0.15) is 12.6 Å². The number of thioether (sulfide) groups is 1. The molecule has 4 aromatic rings. The van der Waals surface area contributed by atoms with Crippen molar-refractivity contribution in [3.63, 3.8) is 0 Å². The van der Waals surface area contributed by atoms with Crippen LogP contribution in [-0.2, 0) is 4.79 Å². The average molecular weight is 469 g/mol. The van der Waals surface area contributed by atoms with Crippen LogP contribution in [0.25, 0.3) is 16.7 Å². The maximum absolute atomic E-state index is 12.5. The highest BCUT2D eigenvalue weighted by Gasteiger charge is 2.16. The van der Waals surface area contributed by atoms with Gasteiger partial charge in [0.15, 0.2) is 10.8 Å². The highest BCUT2D eigenvalue weighted by Crippen LogP contribution is 2.24. The van der Waals surface area contributed by atoms with Gasteiger partial charge in [0.2, 0.25) is 5.91 Å². The lowest BCUT2D eigenvalue weighted by molar-refractivity contribution is -0.113. The summed E-state index contributed by atoms with van der Waals surface area (Å²) in [5.41, 5.74) is 2.71. The van der Waals surface area contributed by atoms with Crippen molar-refractivity contribution < 1.29 is 9.53 Å². The molecule has 0 saturated carbocycles. The maximum atomic E-state index is 12.5. The number of carbonyl (C=O) groups excluding carboxylic acids is 1. The number of hydrogen-bond acceptors (Lipinski definition) is 6. The fourth-order valence-corrected chi connectivity index (χ4v) is 4.19. The molecule has 3 N–H and O–H groups in total. The van der Waals surface area contributed by atoms with Gasteiger partial charge in [-0.25, -0.2) is 4.98 Å². The third-order valence-electron chi connectivity index (χ3n) is 4.67. The molecule has 0 saturated heterocycles. The zero-order chi connectivity index (χ0) is 22.7. The lowest BCUT2D eigenvalue weighted by Gasteiger charge is -2.14. The predicted octanol–water partition coefficient (Wildman–Crippen LogP) is 4.32. The van der Waals surface area contributed by atoms with E-state index < -0.39 is 0 Å². The van der Waals surface area contributed by atoms with Crippen LogP contribution in [0.2, 0.25) is 5.02 Å². The molecule has 0 radical (unpaired) electrons. The first-order chi connectivity index (χ1) is 15.5. The van der Waals surface area contributed by atoms with E-state index in [1.54, 1.807) is 28.8 Å². The Morgan fingerprint density at radius 2 is 2.00 bits per heavy atom. The number of carbonyl (C=O) groups is 1. The molecule has 0 aliphatic heterocycles. The number of anilines is 1. The fourth-order valence-electron chi connectivity index (χ4n) is 3.20. The molecule has 10 heteroatoms. The van der Waals surface area contributed by atoms with Crippen molar-refractivity contribution in [2.24, 2.45) is 0 Å². The van der Waals surface area contributed by atoms with E-state index in [1.165, 1.54) is 11.8 Å². The van der Waals surface area contributed by atoms with Gasteiger partial charge in [-0.05, 0) is 50.2 Å². The van der Waals surface area contributed by atoms with Crippen molar-refractivity contribution in [1.82, 2.24) is 19.7 Å². The third kappa shape index (κ3) is 4.49. The van der Waals surface area contributed by atoms with E-state index in [9.17, 15) is 4.79 Å². The third-order valence-corrected chi connectivity index (χ3v) is 5.94. The number of nitrogens with zero attached hydrogens (tertiary/aromatic N) is 3. The van der Waals surface area contributed by atoms with Gasteiger partial charge in [0.1, 0.15) is 11.2 Å². The average Bonchev–Trinajstić information content (AvgIpc) is 3.16. The normalized spacial score (nSPS) is 11.0. The number of benzene rings is 2. The molecule has 0 atom stereocenters. The predicted molar refractivity (Wildman–Crippen MR) is 126 cm³/mol. The summed E-state index contributed by atoms with van der Waals surface area (Å²) in [6, 6.07) is 14.5. The molecule has 0 spiro atoms. The molecule has 8 nitrogen and oxygen atoms in total. The molecule has 0 unspecified atom stereocenters. The van der Waals surface area contributed by atoms with Gasteiger partial charge in [0.05, 0.1) is 28.5 Å². The van der Waals surface area contributed by atoms with Gasteiger partial charge in [-0.1, -0.05) is 35.5 Å². The number of hydrogen-bond donors (Lipinski definition) is 3. The summed E-state index contributed by atoms with van der Waals surface area (Å²) in [6.45, 7) is 4.34. The topological polar surface area (TPSA) is 109 Å². The van der Waals surface area contributed by atoms with Gasteiger partial charge in [-0.15, -0.1) is 0 Å². The zero-order valence-electron chi connectivity index (χ0n) is 17.5. The molecule has 2 heterocycles. The second-order valence-electron chi connectivity index (χ2n) is 6.87. The number of halogens is 1. The van der Waals surface area contributed by atoms with Crippen molar-refractivity contribution in [3.05, 3.63) is 64.7 Å². The highest BCUT2D eigenvalue weighted by atomic mass is 35.5. The number of aromatic amines is 1. The number of aryl methyl sites for hydroxylation is 1. The van der Waals surface area contributed by atoms with Crippen LogP contribution in [0.3, 0.4) is 0 Å². The largest absolute Gasteiger partial charge is 0.494 e. The summed E-state index contributed by atoms with van der Waals surface area (Å²) in [6.07, 6.45) is 0. The number of aromatic nitrogens is 4.